The zero-order valence-electron chi connectivity index (χ0n) is 13.4. The third-order valence-electron chi connectivity index (χ3n) is 5.18. The Morgan fingerprint density at radius 1 is 1.42 bits per heavy atom. The van der Waals surface area contributed by atoms with Gasteiger partial charge < -0.3 is 11.1 Å². The Hall–Kier alpha value is -0.570. The van der Waals surface area contributed by atoms with Gasteiger partial charge in [0, 0.05) is 13.0 Å². The molecule has 3 atom stereocenters. The Morgan fingerprint density at radius 3 is 2.53 bits per heavy atom. The average molecular weight is 268 g/mol. The summed E-state index contributed by atoms with van der Waals surface area (Å²) in [4.78, 5) is 12.3. The van der Waals surface area contributed by atoms with E-state index in [2.05, 4.69) is 39.9 Å². The first-order valence-corrected chi connectivity index (χ1v) is 7.72. The summed E-state index contributed by atoms with van der Waals surface area (Å²) in [6.45, 7) is 11.5. The largest absolute Gasteiger partial charge is 0.349 e. The lowest BCUT2D eigenvalue weighted by Crippen LogP contribution is -2.59. The number of nitrogens with one attached hydrogen (secondary N) is 1. The fourth-order valence-electron chi connectivity index (χ4n) is 2.87. The molecule has 0 heterocycles. The third kappa shape index (κ3) is 4.20. The zero-order chi connectivity index (χ0) is 14.7. The van der Waals surface area contributed by atoms with E-state index in [1.807, 2.05) is 0 Å². The predicted molar refractivity (Wildman–Crippen MR) is 80.8 cm³/mol. The number of carbonyl (C=O) groups excluding carboxylic acids is 1. The van der Waals surface area contributed by atoms with Gasteiger partial charge in [-0.2, -0.15) is 0 Å². The predicted octanol–water partition coefficient (Wildman–Crippen LogP) is 3.08. The molecule has 0 aromatic carbocycles. The molecule has 1 rings (SSSR count). The summed E-state index contributed by atoms with van der Waals surface area (Å²) < 4.78 is 0. The molecule has 0 saturated heterocycles. The van der Waals surface area contributed by atoms with Crippen LogP contribution < -0.4 is 11.1 Å². The molecule has 0 spiro atoms. The monoisotopic (exact) mass is 268 g/mol. The van der Waals surface area contributed by atoms with Crippen molar-refractivity contribution in [3.8, 4) is 0 Å². The van der Waals surface area contributed by atoms with E-state index in [-0.39, 0.29) is 16.9 Å². The highest BCUT2D eigenvalue weighted by molar-refractivity contribution is 5.77. The van der Waals surface area contributed by atoms with Gasteiger partial charge in [0.05, 0.1) is 5.54 Å². The molecule has 3 heteroatoms. The smallest absolute Gasteiger partial charge is 0.220 e. The normalized spacial score (nSPS) is 29.9. The van der Waals surface area contributed by atoms with E-state index in [1.165, 1.54) is 19.3 Å². The first-order valence-electron chi connectivity index (χ1n) is 7.72. The molecule has 1 saturated carbocycles. The fourth-order valence-corrected chi connectivity index (χ4v) is 2.87. The zero-order valence-corrected chi connectivity index (χ0v) is 13.4. The third-order valence-corrected chi connectivity index (χ3v) is 5.18. The Morgan fingerprint density at radius 2 is 2.05 bits per heavy atom. The minimum Gasteiger partial charge on any atom is -0.349 e. The first kappa shape index (κ1) is 16.5. The maximum absolute atomic E-state index is 12.3. The topological polar surface area (TPSA) is 55.1 Å². The Kier molecular flexibility index (Phi) is 5.43. The SMILES string of the molecule is CC(CC(=O)NC1(CN)CCCCC1C)C(C)(C)C. The molecular formula is C16H32N2O. The van der Waals surface area contributed by atoms with Gasteiger partial charge >= 0.3 is 0 Å². The van der Waals surface area contributed by atoms with Gasteiger partial charge in [-0.3, -0.25) is 4.79 Å². The van der Waals surface area contributed by atoms with E-state index in [0.29, 0.717) is 24.8 Å². The number of carbonyl (C=O) groups is 1. The van der Waals surface area contributed by atoms with Crippen LogP contribution in [-0.2, 0) is 4.79 Å². The number of rotatable bonds is 4. The van der Waals surface area contributed by atoms with Crippen LogP contribution in [-0.4, -0.2) is 18.0 Å². The molecule has 19 heavy (non-hydrogen) atoms. The molecule has 0 radical (unpaired) electrons. The van der Waals surface area contributed by atoms with Gasteiger partial charge in [0.2, 0.25) is 5.91 Å². The second kappa shape index (κ2) is 6.25. The summed E-state index contributed by atoms with van der Waals surface area (Å²) >= 11 is 0. The maximum atomic E-state index is 12.3. The molecule has 0 aliphatic heterocycles. The van der Waals surface area contributed by atoms with Crippen LogP contribution in [0.3, 0.4) is 0 Å². The van der Waals surface area contributed by atoms with Crippen LogP contribution in [0, 0.1) is 17.3 Å². The molecule has 1 amide bonds. The van der Waals surface area contributed by atoms with Gasteiger partial charge in [0.25, 0.3) is 0 Å². The highest BCUT2D eigenvalue weighted by Crippen LogP contribution is 2.34. The molecule has 0 aromatic heterocycles. The van der Waals surface area contributed by atoms with Gasteiger partial charge in [-0.1, -0.05) is 47.5 Å². The highest BCUT2D eigenvalue weighted by atomic mass is 16.1. The quantitative estimate of drug-likeness (QED) is 0.823. The average Bonchev–Trinajstić information content (AvgIpc) is 2.31. The fraction of sp³-hybridized carbons (Fsp3) is 0.938. The highest BCUT2D eigenvalue weighted by Gasteiger charge is 2.38. The number of hydrogen-bond acceptors (Lipinski definition) is 2. The minimum atomic E-state index is -0.160. The second-order valence-electron chi connectivity index (χ2n) is 7.53. The standard InChI is InChI=1S/C16H32N2O/c1-12-8-6-7-9-16(12,11-17)18-14(19)10-13(2)15(3,4)5/h12-13H,6-11,17H2,1-5H3,(H,18,19). The number of amides is 1. The van der Waals surface area contributed by atoms with E-state index in [1.54, 1.807) is 0 Å². The van der Waals surface area contributed by atoms with Crippen molar-refractivity contribution < 1.29 is 4.79 Å². The van der Waals surface area contributed by atoms with Gasteiger partial charge in [0.15, 0.2) is 0 Å². The van der Waals surface area contributed by atoms with Crippen molar-refractivity contribution >= 4 is 5.91 Å². The van der Waals surface area contributed by atoms with Gasteiger partial charge in [-0.05, 0) is 30.1 Å². The molecule has 3 N–H and O–H groups in total. The molecule has 0 aromatic rings. The summed E-state index contributed by atoms with van der Waals surface area (Å²) in [6.07, 6.45) is 5.23. The molecule has 0 bridgehead atoms. The van der Waals surface area contributed by atoms with Crippen molar-refractivity contribution in [2.24, 2.45) is 23.0 Å². The van der Waals surface area contributed by atoms with Crippen molar-refractivity contribution in [3.05, 3.63) is 0 Å². The van der Waals surface area contributed by atoms with Crippen LogP contribution in [0.4, 0.5) is 0 Å². The summed E-state index contributed by atoms with van der Waals surface area (Å²) in [5.41, 5.74) is 5.99. The summed E-state index contributed by atoms with van der Waals surface area (Å²) in [5, 5.41) is 3.27. The molecule has 1 aliphatic rings. The summed E-state index contributed by atoms with van der Waals surface area (Å²) in [7, 11) is 0. The van der Waals surface area contributed by atoms with Crippen LogP contribution >= 0.6 is 0 Å². The van der Waals surface area contributed by atoms with E-state index < -0.39 is 0 Å². The van der Waals surface area contributed by atoms with Gasteiger partial charge in [-0.15, -0.1) is 0 Å². The van der Waals surface area contributed by atoms with Crippen molar-refractivity contribution in [2.75, 3.05) is 6.54 Å². The van der Waals surface area contributed by atoms with Crippen LogP contribution in [0.25, 0.3) is 0 Å². The first-order chi connectivity index (χ1) is 8.71. The molecule has 3 nitrogen and oxygen atoms in total. The Labute approximate surface area is 118 Å². The molecule has 112 valence electrons. The Bertz CT molecular complexity index is 308. The lowest BCUT2D eigenvalue weighted by atomic mass is 9.73. The van der Waals surface area contributed by atoms with Crippen molar-refractivity contribution in [1.82, 2.24) is 5.32 Å². The Balaban J connectivity index is 2.63. The number of hydrogen-bond donors (Lipinski definition) is 2. The van der Waals surface area contributed by atoms with E-state index in [4.69, 9.17) is 5.73 Å². The van der Waals surface area contributed by atoms with E-state index >= 15 is 0 Å². The van der Waals surface area contributed by atoms with Gasteiger partial charge in [-0.25, -0.2) is 0 Å². The van der Waals surface area contributed by atoms with Crippen LogP contribution in [0.5, 0.6) is 0 Å². The van der Waals surface area contributed by atoms with Gasteiger partial charge in [0.1, 0.15) is 0 Å². The minimum absolute atomic E-state index is 0.160. The van der Waals surface area contributed by atoms with E-state index in [0.717, 1.165) is 6.42 Å². The molecule has 1 fully saturated rings. The van der Waals surface area contributed by atoms with Crippen molar-refractivity contribution in [1.29, 1.82) is 0 Å². The summed E-state index contributed by atoms with van der Waals surface area (Å²) in [6, 6.07) is 0. The molecule has 3 unspecified atom stereocenters. The van der Waals surface area contributed by atoms with Crippen molar-refractivity contribution in [3.63, 3.8) is 0 Å². The summed E-state index contributed by atoms with van der Waals surface area (Å²) in [5.74, 6) is 1.03. The maximum Gasteiger partial charge on any atom is 0.220 e. The second-order valence-corrected chi connectivity index (χ2v) is 7.53. The van der Waals surface area contributed by atoms with Crippen LogP contribution in [0.15, 0.2) is 0 Å². The lowest BCUT2D eigenvalue weighted by molar-refractivity contribution is -0.125. The lowest BCUT2D eigenvalue weighted by Gasteiger charge is -2.43. The molecule has 1 aliphatic carbocycles. The van der Waals surface area contributed by atoms with E-state index in [9.17, 15) is 4.79 Å². The van der Waals surface area contributed by atoms with Crippen LogP contribution in [0.1, 0.15) is 66.7 Å². The number of nitrogens with two attached hydrogens (primary N) is 1. The van der Waals surface area contributed by atoms with Crippen LogP contribution in [0.2, 0.25) is 0 Å². The van der Waals surface area contributed by atoms with Crippen molar-refractivity contribution in [2.45, 2.75) is 72.3 Å². The molecular weight excluding hydrogens is 236 g/mol.